The summed E-state index contributed by atoms with van der Waals surface area (Å²) in [5, 5.41) is 2.80. The molecule has 0 heterocycles. The molecular formula is C23H28N2O4S. The van der Waals surface area contributed by atoms with E-state index in [1.807, 2.05) is 0 Å². The molecule has 6 nitrogen and oxygen atoms in total. The van der Waals surface area contributed by atoms with Crippen LogP contribution in [0.3, 0.4) is 0 Å². The summed E-state index contributed by atoms with van der Waals surface area (Å²) >= 11 is 0. The first-order chi connectivity index (χ1) is 14.5. The second-order valence-electron chi connectivity index (χ2n) is 7.56. The number of amides is 1. The Bertz CT molecular complexity index is 946. The lowest BCUT2D eigenvalue weighted by Crippen LogP contribution is -2.41. The zero-order valence-electron chi connectivity index (χ0n) is 17.0. The molecule has 3 rings (SSSR count). The third-order valence-corrected chi connectivity index (χ3v) is 7.18. The van der Waals surface area contributed by atoms with Gasteiger partial charge in [0.15, 0.2) is 0 Å². The van der Waals surface area contributed by atoms with Crippen molar-refractivity contribution in [2.45, 2.75) is 43.4 Å². The Balaban J connectivity index is 1.62. The number of ketones is 1. The quantitative estimate of drug-likeness (QED) is 0.619. The highest BCUT2D eigenvalue weighted by atomic mass is 32.2. The number of nitrogens with one attached hydrogen (secondary N) is 1. The molecule has 2 aromatic carbocycles. The highest BCUT2D eigenvalue weighted by Crippen LogP contribution is 2.25. The normalized spacial score (nSPS) is 16.8. The predicted octanol–water partition coefficient (Wildman–Crippen LogP) is 3.54. The monoisotopic (exact) mass is 428 g/mol. The van der Waals surface area contributed by atoms with Crippen LogP contribution in [0.5, 0.6) is 0 Å². The first-order valence-electron chi connectivity index (χ1n) is 10.4. The molecule has 160 valence electrons. The average Bonchev–Trinajstić information content (AvgIpc) is 2.77. The number of nitrogens with zero attached hydrogens (tertiary/aromatic N) is 1. The number of Topliss-reactive ketones (excluding diaryl/α,β-unsaturated/α-hetero) is 1. The van der Waals surface area contributed by atoms with Crippen LogP contribution in [0, 0.1) is 5.92 Å². The van der Waals surface area contributed by atoms with Crippen LogP contribution in [0.1, 0.15) is 38.5 Å². The molecule has 7 heteroatoms. The van der Waals surface area contributed by atoms with Crippen molar-refractivity contribution in [1.82, 2.24) is 5.32 Å². The first kappa shape index (κ1) is 22.0. The lowest BCUT2D eigenvalue weighted by molar-refractivity contribution is -0.124. The Morgan fingerprint density at radius 3 is 2.33 bits per heavy atom. The highest BCUT2D eigenvalue weighted by molar-refractivity contribution is 7.92. The number of sulfonamides is 1. The number of carbonyl (C=O) groups is 2. The fourth-order valence-electron chi connectivity index (χ4n) is 3.75. The molecule has 0 spiro atoms. The molecule has 0 aliphatic heterocycles. The van der Waals surface area contributed by atoms with Crippen LogP contribution < -0.4 is 9.62 Å². The number of rotatable bonds is 9. The lowest BCUT2D eigenvalue weighted by atomic mass is 9.85. The van der Waals surface area contributed by atoms with Gasteiger partial charge in [0.1, 0.15) is 12.3 Å². The molecule has 1 atom stereocenters. The maximum Gasteiger partial charge on any atom is 0.264 e. The van der Waals surface area contributed by atoms with Crippen molar-refractivity contribution in [3.63, 3.8) is 0 Å². The number of para-hydroxylation sites is 1. The Kier molecular flexibility index (Phi) is 7.63. The zero-order chi connectivity index (χ0) is 21.4. The van der Waals surface area contributed by atoms with Gasteiger partial charge in [-0.25, -0.2) is 8.42 Å². The van der Waals surface area contributed by atoms with Gasteiger partial charge >= 0.3 is 0 Å². The van der Waals surface area contributed by atoms with Crippen molar-refractivity contribution in [3.05, 3.63) is 60.7 Å². The summed E-state index contributed by atoms with van der Waals surface area (Å²) in [4.78, 5) is 24.6. The minimum absolute atomic E-state index is 0.106. The maximum absolute atomic E-state index is 13.1. The van der Waals surface area contributed by atoms with Gasteiger partial charge in [0.25, 0.3) is 10.0 Å². The molecule has 1 aliphatic rings. The molecule has 1 aliphatic carbocycles. The summed E-state index contributed by atoms with van der Waals surface area (Å²) in [5.41, 5.74) is 0.435. The molecule has 0 radical (unpaired) electrons. The summed E-state index contributed by atoms with van der Waals surface area (Å²) in [7, 11) is -3.88. The second kappa shape index (κ2) is 10.4. The fourth-order valence-corrected chi connectivity index (χ4v) is 5.19. The van der Waals surface area contributed by atoms with Gasteiger partial charge < -0.3 is 5.32 Å². The van der Waals surface area contributed by atoms with E-state index in [1.165, 1.54) is 12.1 Å². The van der Waals surface area contributed by atoms with Crippen molar-refractivity contribution >= 4 is 27.4 Å². The molecule has 1 fully saturated rings. The van der Waals surface area contributed by atoms with Crippen LogP contribution in [-0.4, -0.2) is 33.2 Å². The van der Waals surface area contributed by atoms with Crippen LogP contribution in [0.4, 0.5) is 5.69 Å². The smallest absolute Gasteiger partial charge is 0.264 e. The summed E-state index contributed by atoms with van der Waals surface area (Å²) in [6, 6.07) is 16.7. The molecule has 30 heavy (non-hydrogen) atoms. The molecule has 1 N–H and O–H groups in total. The van der Waals surface area contributed by atoms with Crippen molar-refractivity contribution in [2.24, 2.45) is 5.92 Å². The van der Waals surface area contributed by atoms with E-state index < -0.39 is 10.0 Å². The minimum Gasteiger partial charge on any atom is -0.355 e. The van der Waals surface area contributed by atoms with E-state index in [9.17, 15) is 18.0 Å². The molecule has 0 bridgehead atoms. The number of hydrogen-bond acceptors (Lipinski definition) is 4. The standard InChI is InChI=1S/C23H28N2O4S/c26-22-16-8-7-10-19(22)11-9-17-24-23(27)18-25(20-12-3-1-4-13-20)30(28,29)21-14-5-2-6-15-21/h1-6,12-15,19H,7-11,16-18H2,(H,24,27). The molecule has 1 amide bonds. The van der Waals surface area contributed by atoms with Gasteiger partial charge in [-0.15, -0.1) is 0 Å². The fraction of sp³-hybridized carbons (Fsp3) is 0.391. The van der Waals surface area contributed by atoms with Crippen LogP contribution >= 0.6 is 0 Å². The Labute approximate surface area is 178 Å². The van der Waals surface area contributed by atoms with Crippen LogP contribution in [0.2, 0.25) is 0 Å². The van der Waals surface area contributed by atoms with E-state index in [-0.39, 0.29) is 23.3 Å². The van der Waals surface area contributed by atoms with Crippen molar-refractivity contribution in [2.75, 3.05) is 17.4 Å². The van der Waals surface area contributed by atoms with Crippen LogP contribution in [-0.2, 0) is 19.6 Å². The topological polar surface area (TPSA) is 83.6 Å². The minimum atomic E-state index is -3.88. The molecule has 2 aromatic rings. The molecule has 1 saturated carbocycles. The predicted molar refractivity (Wildman–Crippen MR) is 117 cm³/mol. The summed E-state index contributed by atoms with van der Waals surface area (Å²) in [6.45, 7) is 0.125. The van der Waals surface area contributed by atoms with Crippen molar-refractivity contribution < 1.29 is 18.0 Å². The SMILES string of the molecule is O=C(CN(c1ccccc1)S(=O)(=O)c1ccccc1)NCCCC1CCCCC1=O. The van der Waals surface area contributed by atoms with Gasteiger partial charge in [-0.3, -0.25) is 13.9 Å². The average molecular weight is 429 g/mol. The molecular weight excluding hydrogens is 400 g/mol. The Morgan fingerprint density at radius 1 is 1.00 bits per heavy atom. The zero-order valence-corrected chi connectivity index (χ0v) is 17.8. The third kappa shape index (κ3) is 5.69. The van der Waals surface area contributed by atoms with Gasteiger partial charge in [0.05, 0.1) is 10.6 Å². The van der Waals surface area contributed by atoms with Gasteiger partial charge in [-0.2, -0.15) is 0 Å². The summed E-state index contributed by atoms with van der Waals surface area (Å²) < 4.78 is 27.4. The maximum atomic E-state index is 13.1. The molecule has 0 aromatic heterocycles. The number of hydrogen-bond donors (Lipinski definition) is 1. The van der Waals surface area contributed by atoms with E-state index in [4.69, 9.17) is 0 Å². The number of benzene rings is 2. The Hall–Kier alpha value is -2.67. The summed E-state index contributed by atoms with van der Waals surface area (Å²) in [5.74, 6) is 0.0695. The van der Waals surface area contributed by atoms with E-state index in [1.54, 1.807) is 48.5 Å². The van der Waals surface area contributed by atoms with Gasteiger partial charge in [-0.05, 0) is 49.9 Å². The van der Waals surface area contributed by atoms with Gasteiger partial charge in [-0.1, -0.05) is 42.8 Å². The third-order valence-electron chi connectivity index (χ3n) is 5.40. The summed E-state index contributed by atoms with van der Waals surface area (Å²) in [6.07, 6.45) is 5.15. The Morgan fingerprint density at radius 2 is 1.67 bits per heavy atom. The lowest BCUT2D eigenvalue weighted by Gasteiger charge is -2.24. The number of anilines is 1. The molecule has 0 saturated heterocycles. The first-order valence-corrected chi connectivity index (χ1v) is 11.8. The van der Waals surface area contributed by atoms with Crippen molar-refractivity contribution in [1.29, 1.82) is 0 Å². The van der Waals surface area contributed by atoms with E-state index >= 15 is 0 Å². The van der Waals surface area contributed by atoms with E-state index in [0.29, 0.717) is 30.9 Å². The van der Waals surface area contributed by atoms with E-state index in [2.05, 4.69) is 5.32 Å². The second-order valence-corrected chi connectivity index (χ2v) is 9.42. The van der Waals surface area contributed by atoms with Crippen LogP contribution in [0.15, 0.2) is 65.6 Å². The van der Waals surface area contributed by atoms with Crippen LogP contribution in [0.25, 0.3) is 0 Å². The largest absolute Gasteiger partial charge is 0.355 e. The van der Waals surface area contributed by atoms with Gasteiger partial charge in [0.2, 0.25) is 5.91 Å². The van der Waals surface area contributed by atoms with Gasteiger partial charge in [0, 0.05) is 18.9 Å². The van der Waals surface area contributed by atoms with Crippen molar-refractivity contribution in [3.8, 4) is 0 Å². The van der Waals surface area contributed by atoms with E-state index in [0.717, 1.165) is 30.0 Å². The highest BCUT2D eigenvalue weighted by Gasteiger charge is 2.27. The number of carbonyl (C=O) groups excluding carboxylic acids is 2. The molecule has 1 unspecified atom stereocenters.